The van der Waals surface area contributed by atoms with Crippen LogP contribution < -0.4 is 5.73 Å². The van der Waals surface area contributed by atoms with E-state index in [9.17, 15) is 0 Å². The van der Waals surface area contributed by atoms with E-state index < -0.39 is 0 Å². The average molecular weight is 245 g/mol. The molecule has 4 heteroatoms. The lowest BCUT2D eigenvalue weighted by Crippen LogP contribution is -2.37. The molecule has 0 fully saturated rings. The van der Waals surface area contributed by atoms with Gasteiger partial charge in [0.05, 0.1) is 5.02 Å². The first-order valence-corrected chi connectivity index (χ1v) is 6.26. The third-order valence-electron chi connectivity index (χ3n) is 2.24. The summed E-state index contributed by atoms with van der Waals surface area (Å²) in [7, 11) is 0. The highest BCUT2D eigenvalue weighted by atomic mass is 35.5. The van der Waals surface area contributed by atoms with Gasteiger partial charge in [-0.1, -0.05) is 32.4 Å². The van der Waals surface area contributed by atoms with Crippen LogP contribution in [0.15, 0.2) is 23.4 Å². The van der Waals surface area contributed by atoms with Crippen molar-refractivity contribution >= 4 is 23.4 Å². The summed E-state index contributed by atoms with van der Waals surface area (Å²) in [6, 6.07) is 3.82. The Balaban J connectivity index is 2.55. The van der Waals surface area contributed by atoms with Crippen molar-refractivity contribution < 1.29 is 0 Å². The molecular weight excluding hydrogens is 228 g/mol. The van der Waals surface area contributed by atoms with E-state index in [-0.39, 0.29) is 11.5 Å². The van der Waals surface area contributed by atoms with Crippen molar-refractivity contribution in [2.75, 3.05) is 5.75 Å². The Morgan fingerprint density at radius 3 is 2.73 bits per heavy atom. The summed E-state index contributed by atoms with van der Waals surface area (Å²) in [5.74, 6) is 0.834. The molecule has 1 heterocycles. The highest BCUT2D eigenvalue weighted by Crippen LogP contribution is 2.28. The Morgan fingerprint density at radius 1 is 1.53 bits per heavy atom. The lowest BCUT2D eigenvalue weighted by molar-refractivity contribution is 0.344. The number of thioether (sulfide) groups is 1. The predicted molar refractivity (Wildman–Crippen MR) is 67.4 cm³/mol. The van der Waals surface area contributed by atoms with Gasteiger partial charge >= 0.3 is 0 Å². The molecule has 0 aromatic carbocycles. The molecule has 1 aromatic heterocycles. The van der Waals surface area contributed by atoms with Crippen LogP contribution in [0.4, 0.5) is 0 Å². The lowest BCUT2D eigenvalue weighted by atomic mass is 9.89. The Hall–Kier alpha value is -0.250. The van der Waals surface area contributed by atoms with Crippen molar-refractivity contribution in [3.63, 3.8) is 0 Å². The molecule has 1 atom stereocenters. The van der Waals surface area contributed by atoms with Crippen molar-refractivity contribution in [3.05, 3.63) is 23.4 Å². The van der Waals surface area contributed by atoms with Gasteiger partial charge in [0.25, 0.3) is 0 Å². The van der Waals surface area contributed by atoms with Gasteiger partial charge < -0.3 is 5.73 Å². The normalized spacial score (nSPS) is 13.9. The van der Waals surface area contributed by atoms with E-state index in [0.717, 1.165) is 10.8 Å². The fraction of sp³-hybridized carbons (Fsp3) is 0.545. The summed E-state index contributed by atoms with van der Waals surface area (Å²) in [6.07, 6.45) is 1.75. The lowest BCUT2D eigenvalue weighted by Gasteiger charge is -2.26. The number of aromatic nitrogens is 1. The highest BCUT2D eigenvalue weighted by Gasteiger charge is 2.20. The van der Waals surface area contributed by atoms with Crippen LogP contribution in [0.5, 0.6) is 0 Å². The van der Waals surface area contributed by atoms with Crippen LogP contribution in [-0.2, 0) is 0 Å². The highest BCUT2D eigenvalue weighted by molar-refractivity contribution is 7.99. The number of pyridine rings is 1. The van der Waals surface area contributed by atoms with Crippen LogP contribution in [0.1, 0.15) is 20.8 Å². The number of hydrogen-bond donors (Lipinski definition) is 1. The smallest absolute Gasteiger partial charge is 0.115 e. The zero-order chi connectivity index (χ0) is 11.5. The molecule has 0 aliphatic heterocycles. The molecule has 0 radical (unpaired) electrons. The zero-order valence-corrected chi connectivity index (χ0v) is 10.9. The van der Waals surface area contributed by atoms with Gasteiger partial charge in [-0.15, -0.1) is 11.8 Å². The van der Waals surface area contributed by atoms with Gasteiger partial charge in [0, 0.05) is 18.0 Å². The first-order chi connectivity index (χ1) is 6.91. The van der Waals surface area contributed by atoms with Crippen LogP contribution in [0, 0.1) is 5.41 Å². The molecule has 1 aromatic rings. The minimum Gasteiger partial charge on any atom is -0.326 e. The maximum Gasteiger partial charge on any atom is 0.115 e. The van der Waals surface area contributed by atoms with Gasteiger partial charge in [-0.05, 0) is 17.5 Å². The summed E-state index contributed by atoms with van der Waals surface area (Å²) in [5.41, 5.74) is 6.18. The summed E-state index contributed by atoms with van der Waals surface area (Å²) in [4.78, 5) is 4.21. The standard InChI is InChI=1S/C11H17ClN2S/c1-11(2,3)9(13)7-15-10-8(12)5-4-6-14-10/h4-6,9H,7,13H2,1-3H3. The predicted octanol–water partition coefficient (Wildman–Crippen LogP) is 3.20. The summed E-state index contributed by atoms with van der Waals surface area (Å²) < 4.78 is 0. The number of hydrogen-bond acceptors (Lipinski definition) is 3. The SMILES string of the molecule is CC(C)(C)C(N)CSc1ncccc1Cl. The van der Waals surface area contributed by atoms with E-state index in [4.69, 9.17) is 17.3 Å². The zero-order valence-electron chi connectivity index (χ0n) is 9.33. The molecule has 15 heavy (non-hydrogen) atoms. The Kier molecular flexibility index (Phi) is 4.44. The van der Waals surface area contributed by atoms with E-state index in [1.54, 1.807) is 18.0 Å². The monoisotopic (exact) mass is 244 g/mol. The van der Waals surface area contributed by atoms with Gasteiger partial charge in [-0.25, -0.2) is 4.98 Å². The van der Waals surface area contributed by atoms with Crippen molar-refractivity contribution in [1.29, 1.82) is 0 Å². The molecule has 2 nitrogen and oxygen atoms in total. The second kappa shape index (κ2) is 5.19. The van der Waals surface area contributed by atoms with Gasteiger partial charge in [0.15, 0.2) is 0 Å². The molecule has 2 N–H and O–H groups in total. The first-order valence-electron chi connectivity index (χ1n) is 4.90. The van der Waals surface area contributed by atoms with Crippen molar-refractivity contribution in [2.45, 2.75) is 31.8 Å². The minimum absolute atomic E-state index is 0.119. The second-order valence-corrected chi connectivity index (χ2v) is 5.99. The molecule has 0 spiro atoms. The van der Waals surface area contributed by atoms with Crippen LogP contribution in [-0.4, -0.2) is 16.8 Å². The van der Waals surface area contributed by atoms with Crippen LogP contribution >= 0.6 is 23.4 Å². The number of halogens is 1. The fourth-order valence-corrected chi connectivity index (χ4v) is 2.36. The number of nitrogens with two attached hydrogens (primary N) is 1. The maximum atomic E-state index is 6.06. The number of rotatable bonds is 3. The van der Waals surface area contributed by atoms with E-state index in [1.165, 1.54) is 0 Å². The van der Waals surface area contributed by atoms with Crippen LogP contribution in [0.2, 0.25) is 5.02 Å². The quantitative estimate of drug-likeness (QED) is 0.830. The molecule has 1 rings (SSSR count). The van der Waals surface area contributed by atoms with Crippen LogP contribution in [0.25, 0.3) is 0 Å². The molecular formula is C11H17ClN2S. The van der Waals surface area contributed by atoms with Gasteiger partial charge in [-0.2, -0.15) is 0 Å². The van der Waals surface area contributed by atoms with Gasteiger partial charge in [0.2, 0.25) is 0 Å². The van der Waals surface area contributed by atoms with E-state index in [2.05, 4.69) is 25.8 Å². The fourth-order valence-electron chi connectivity index (χ4n) is 0.896. The van der Waals surface area contributed by atoms with Gasteiger partial charge in [0.1, 0.15) is 5.03 Å². The summed E-state index contributed by atoms with van der Waals surface area (Å²) in [6.45, 7) is 6.41. The molecule has 0 saturated carbocycles. The van der Waals surface area contributed by atoms with Crippen LogP contribution in [0.3, 0.4) is 0 Å². The van der Waals surface area contributed by atoms with Crippen molar-refractivity contribution in [3.8, 4) is 0 Å². The molecule has 0 aliphatic carbocycles. The largest absolute Gasteiger partial charge is 0.326 e. The Morgan fingerprint density at radius 2 is 2.20 bits per heavy atom. The molecule has 0 aliphatic rings. The Labute approximate surface area is 101 Å². The van der Waals surface area contributed by atoms with E-state index >= 15 is 0 Å². The minimum atomic E-state index is 0.119. The van der Waals surface area contributed by atoms with E-state index in [0.29, 0.717) is 5.02 Å². The van der Waals surface area contributed by atoms with Crippen molar-refractivity contribution in [2.24, 2.45) is 11.1 Å². The first kappa shape index (κ1) is 12.8. The summed E-state index contributed by atoms with van der Waals surface area (Å²) in [5, 5.41) is 1.56. The molecule has 0 amide bonds. The topological polar surface area (TPSA) is 38.9 Å². The third-order valence-corrected chi connectivity index (χ3v) is 3.78. The molecule has 0 bridgehead atoms. The van der Waals surface area contributed by atoms with Gasteiger partial charge in [-0.3, -0.25) is 0 Å². The third kappa shape index (κ3) is 4.01. The second-order valence-electron chi connectivity index (χ2n) is 4.57. The van der Waals surface area contributed by atoms with E-state index in [1.807, 2.05) is 12.1 Å². The molecule has 1 unspecified atom stereocenters. The molecule has 0 saturated heterocycles. The molecule has 84 valence electrons. The Bertz CT molecular complexity index is 323. The summed E-state index contributed by atoms with van der Waals surface area (Å²) >= 11 is 7.61. The van der Waals surface area contributed by atoms with Crippen molar-refractivity contribution in [1.82, 2.24) is 4.98 Å². The maximum absolute atomic E-state index is 6.06. The number of nitrogens with zero attached hydrogens (tertiary/aromatic N) is 1. The average Bonchev–Trinajstić information content (AvgIpc) is 2.14.